The van der Waals surface area contributed by atoms with E-state index in [0.29, 0.717) is 11.3 Å². The van der Waals surface area contributed by atoms with E-state index < -0.39 is 12.1 Å². The lowest BCUT2D eigenvalue weighted by molar-refractivity contribution is -0.172. The summed E-state index contributed by atoms with van der Waals surface area (Å²) >= 11 is 0. The number of anilines is 2. The number of carbonyl (C=O) groups excluding carboxylic acids is 1. The Bertz CT molecular complexity index is 1310. The molecule has 0 unspecified atom stereocenters. The highest BCUT2D eigenvalue weighted by Gasteiger charge is 2.38. The second-order valence-corrected chi connectivity index (χ2v) is 11.6. The van der Waals surface area contributed by atoms with Crippen LogP contribution < -0.4 is 15.1 Å². The molecule has 0 atom stereocenters. The summed E-state index contributed by atoms with van der Waals surface area (Å²) in [6.07, 6.45) is 0.188. The number of rotatable bonds is 8. The van der Waals surface area contributed by atoms with Gasteiger partial charge in [-0.1, -0.05) is 41.5 Å². The molecule has 1 heterocycles. The summed E-state index contributed by atoms with van der Waals surface area (Å²) in [6, 6.07) is 8.76. The van der Waals surface area contributed by atoms with Gasteiger partial charge in [0.15, 0.2) is 0 Å². The fourth-order valence-electron chi connectivity index (χ4n) is 5.99. The van der Waals surface area contributed by atoms with Crippen LogP contribution in [-0.2, 0) is 9.53 Å². The summed E-state index contributed by atoms with van der Waals surface area (Å²) in [4.78, 5) is 16.4. The zero-order chi connectivity index (χ0) is 31.5. The van der Waals surface area contributed by atoms with Gasteiger partial charge in [-0.2, -0.15) is 13.2 Å². The van der Waals surface area contributed by atoms with E-state index in [4.69, 9.17) is 4.74 Å². The molecule has 0 aromatic heterocycles. The maximum atomic E-state index is 12.9. The average molecular weight is 584 g/mol. The van der Waals surface area contributed by atoms with Crippen molar-refractivity contribution in [3.05, 3.63) is 92.9 Å². The van der Waals surface area contributed by atoms with Crippen LogP contribution in [0.3, 0.4) is 0 Å². The second kappa shape index (κ2) is 13.1. The summed E-state index contributed by atoms with van der Waals surface area (Å²) < 4.78 is 44.7. The second-order valence-electron chi connectivity index (χ2n) is 11.6. The first kappa shape index (κ1) is 32.8. The van der Waals surface area contributed by atoms with Gasteiger partial charge in [-0.3, -0.25) is 4.79 Å². The fourth-order valence-corrected chi connectivity index (χ4v) is 5.99. The molecule has 0 bridgehead atoms. The van der Waals surface area contributed by atoms with Crippen LogP contribution in [0.2, 0.25) is 0 Å². The quantitative estimate of drug-likeness (QED) is 0.252. The molecule has 2 aromatic rings. The molecule has 1 saturated heterocycles. The van der Waals surface area contributed by atoms with Gasteiger partial charge in [0.2, 0.25) is 0 Å². The van der Waals surface area contributed by atoms with Gasteiger partial charge in [0.05, 0.1) is 6.10 Å². The van der Waals surface area contributed by atoms with E-state index in [2.05, 4.69) is 81.7 Å². The van der Waals surface area contributed by atoms with E-state index in [1.54, 1.807) is 6.92 Å². The smallest absolute Gasteiger partial charge is 0.471 e. The number of aryl methyl sites for hydroxylation is 6. The van der Waals surface area contributed by atoms with Crippen LogP contribution in [0.15, 0.2) is 59.5 Å². The van der Waals surface area contributed by atoms with Crippen molar-refractivity contribution in [3.8, 4) is 0 Å². The molecule has 1 aliphatic rings. The molecular formula is C34H44F3N3O2. The van der Waals surface area contributed by atoms with Gasteiger partial charge in [0.1, 0.15) is 11.9 Å². The zero-order valence-electron chi connectivity index (χ0n) is 26.5. The number of benzene rings is 2. The Kier molecular flexibility index (Phi) is 10.2. The topological polar surface area (TPSA) is 44.8 Å². The molecule has 1 fully saturated rings. The zero-order valence-corrected chi connectivity index (χ0v) is 26.5. The predicted octanol–water partition coefficient (Wildman–Crippen LogP) is 8.03. The van der Waals surface area contributed by atoms with Crippen molar-refractivity contribution in [1.29, 1.82) is 0 Å². The molecule has 228 valence electrons. The van der Waals surface area contributed by atoms with Crippen LogP contribution in [0.1, 0.15) is 61.1 Å². The fraction of sp³-hybridized carbons (Fsp3) is 0.441. The first-order valence-corrected chi connectivity index (χ1v) is 14.3. The molecule has 42 heavy (non-hydrogen) atoms. The van der Waals surface area contributed by atoms with E-state index in [1.807, 2.05) is 25.2 Å². The van der Waals surface area contributed by atoms with Gasteiger partial charge in [-0.15, -0.1) is 0 Å². The van der Waals surface area contributed by atoms with E-state index in [9.17, 15) is 18.0 Å². The summed E-state index contributed by atoms with van der Waals surface area (Å²) in [5.41, 5.74) is 10.1. The van der Waals surface area contributed by atoms with Gasteiger partial charge in [-0.25, -0.2) is 0 Å². The summed E-state index contributed by atoms with van der Waals surface area (Å²) in [6.45, 7) is 21.3. The van der Waals surface area contributed by atoms with E-state index in [-0.39, 0.29) is 18.0 Å². The Labute approximate surface area is 248 Å². The standard InChI is InChI=1S/C34H44F3N3O2/c1-20(2)42-28(10)29(19-27(9)38-33(41)34(35,36)37)11-12-30-39(31-23(5)15-21(3)16-24(31)6)13-14-40(30)32-25(7)17-22(4)18-26(32)8/h11-12,15-20,30H,13-14H2,1-10H3,(H,38,41)/b12-11+,27-19+,29-28+. The maximum absolute atomic E-state index is 12.9. The van der Waals surface area contributed by atoms with Crippen LogP contribution in [0.25, 0.3) is 0 Å². The Morgan fingerprint density at radius 1 is 0.881 bits per heavy atom. The number of alkyl halides is 3. The Balaban J connectivity index is 2.15. The number of allylic oxidation sites excluding steroid dienone is 5. The number of hydrogen-bond acceptors (Lipinski definition) is 4. The van der Waals surface area contributed by atoms with Crippen LogP contribution >= 0.6 is 0 Å². The third kappa shape index (κ3) is 7.78. The molecule has 3 rings (SSSR count). The molecule has 0 radical (unpaired) electrons. The SMILES string of the molecule is C\C(=C/C(/C=C/C1N(c2c(C)cc(C)cc2C)CCN1c1c(C)cc(C)cc1C)=C(\C)OC(C)C)NC(=O)C(F)(F)F. The number of carbonyl (C=O) groups is 1. The number of hydrogen-bond donors (Lipinski definition) is 1. The molecule has 8 heteroatoms. The summed E-state index contributed by atoms with van der Waals surface area (Å²) in [5.74, 6) is -1.46. The van der Waals surface area contributed by atoms with Gasteiger partial charge in [0.25, 0.3) is 0 Å². The summed E-state index contributed by atoms with van der Waals surface area (Å²) in [5, 5.41) is 1.95. The molecule has 1 aliphatic heterocycles. The first-order valence-electron chi connectivity index (χ1n) is 14.3. The number of amides is 1. The molecule has 0 spiro atoms. The lowest BCUT2D eigenvalue weighted by Gasteiger charge is -2.34. The minimum Gasteiger partial charge on any atom is -0.495 e. The lowest BCUT2D eigenvalue weighted by Crippen LogP contribution is -2.38. The minimum atomic E-state index is -4.98. The Hall–Kier alpha value is -3.68. The van der Waals surface area contributed by atoms with Gasteiger partial charge in [-0.05, 0) is 104 Å². The van der Waals surface area contributed by atoms with E-state index in [0.717, 1.165) is 13.1 Å². The molecule has 0 saturated carbocycles. The number of halogens is 3. The molecule has 5 nitrogen and oxygen atoms in total. The van der Waals surface area contributed by atoms with Crippen LogP contribution in [-0.4, -0.2) is 37.4 Å². The van der Waals surface area contributed by atoms with Crippen molar-refractivity contribution in [2.24, 2.45) is 0 Å². The first-order chi connectivity index (χ1) is 19.5. The van der Waals surface area contributed by atoms with Crippen LogP contribution in [0, 0.1) is 41.5 Å². The van der Waals surface area contributed by atoms with Crippen molar-refractivity contribution >= 4 is 17.3 Å². The maximum Gasteiger partial charge on any atom is 0.471 e. The van der Waals surface area contributed by atoms with Gasteiger partial charge >= 0.3 is 12.1 Å². The van der Waals surface area contributed by atoms with Crippen LogP contribution in [0.5, 0.6) is 0 Å². The highest BCUT2D eigenvalue weighted by molar-refractivity contribution is 5.83. The Morgan fingerprint density at radius 3 is 1.69 bits per heavy atom. The van der Waals surface area contributed by atoms with Crippen molar-refractivity contribution in [2.75, 3.05) is 22.9 Å². The van der Waals surface area contributed by atoms with E-state index >= 15 is 0 Å². The number of nitrogens with one attached hydrogen (secondary N) is 1. The van der Waals surface area contributed by atoms with Crippen LogP contribution in [0.4, 0.5) is 24.5 Å². The van der Waals surface area contributed by atoms with Crippen molar-refractivity contribution < 1.29 is 22.7 Å². The molecule has 2 aromatic carbocycles. The minimum absolute atomic E-state index is 0.0688. The number of ether oxygens (including phenoxy) is 1. The summed E-state index contributed by atoms with van der Waals surface area (Å²) in [7, 11) is 0. The predicted molar refractivity (Wildman–Crippen MR) is 166 cm³/mol. The molecular weight excluding hydrogens is 539 g/mol. The van der Waals surface area contributed by atoms with Crippen molar-refractivity contribution in [1.82, 2.24) is 5.32 Å². The van der Waals surface area contributed by atoms with Crippen molar-refractivity contribution in [2.45, 2.75) is 87.7 Å². The van der Waals surface area contributed by atoms with E-state index in [1.165, 1.54) is 57.8 Å². The molecule has 1 N–H and O–H groups in total. The largest absolute Gasteiger partial charge is 0.495 e. The van der Waals surface area contributed by atoms with Crippen molar-refractivity contribution in [3.63, 3.8) is 0 Å². The normalized spacial score (nSPS) is 15.6. The number of nitrogens with zero attached hydrogens (tertiary/aromatic N) is 2. The highest BCUT2D eigenvalue weighted by Crippen LogP contribution is 2.37. The average Bonchev–Trinajstić information content (AvgIpc) is 3.22. The monoisotopic (exact) mass is 583 g/mol. The Morgan fingerprint density at radius 2 is 1.31 bits per heavy atom. The molecule has 1 amide bonds. The van der Waals surface area contributed by atoms with Gasteiger partial charge in [0, 0.05) is 35.7 Å². The molecule has 0 aliphatic carbocycles. The lowest BCUT2D eigenvalue weighted by atomic mass is 10.0. The third-order valence-electron chi connectivity index (χ3n) is 7.27. The van der Waals surface area contributed by atoms with Gasteiger partial charge < -0.3 is 19.9 Å². The third-order valence-corrected chi connectivity index (χ3v) is 7.27. The highest BCUT2D eigenvalue weighted by atomic mass is 19.4.